The van der Waals surface area contributed by atoms with E-state index in [0.29, 0.717) is 5.58 Å². The predicted octanol–water partition coefficient (Wildman–Crippen LogP) is 2.86. The molecule has 0 saturated carbocycles. The fourth-order valence-electron chi connectivity index (χ4n) is 1.63. The molecule has 4 nitrogen and oxygen atoms in total. The van der Waals surface area contributed by atoms with Crippen LogP contribution in [0.3, 0.4) is 0 Å². The average Bonchev–Trinajstić information content (AvgIpc) is 2.31. The Morgan fingerprint density at radius 1 is 0.824 bits per heavy atom. The second kappa shape index (κ2) is 3.49. The number of rotatable bonds is 2. The second-order valence-corrected chi connectivity index (χ2v) is 5.48. The maximum Gasteiger partial charge on any atom is 0.244 e. The van der Waals surface area contributed by atoms with Gasteiger partial charge >= 0.3 is 0 Å². The van der Waals surface area contributed by atoms with E-state index in [-0.39, 0.29) is 15.4 Å². The van der Waals surface area contributed by atoms with E-state index in [9.17, 15) is 8.42 Å². The average molecular weight is 248 g/mol. The molecule has 3 aromatic rings. The minimum Gasteiger partial charge on any atom is -0.285 e. The quantitative estimate of drug-likeness (QED) is 0.654. The SMILES string of the molecule is O=S(=O)(c1ccccc1)c1cccc2ooc12. The van der Waals surface area contributed by atoms with Crippen LogP contribution in [0, 0.1) is 0 Å². The minimum atomic E-state index is -3.55. The Labute approximate surface area is 97.3 Å². The lowest BCUT2D eigenvalue weighted by molar-refractivity contribution is 0.0563. The molecule has 2 aromatic carbocycles. The zero-order chi connectivity index (χ0) is 11.9. The Morgan fingerprint density at radius 2 is 1.59 bits per heavy atom. The highest BCUT2D eigenvalue weighted by Crippen LogP contribution is 2.30. The second-order valence-electron chi connectivity index (χ2n) is 3.57. The molecule has 0 atom stereocenters. The summed E-state index contributed by atoms with van der Waals surface area (Å²) in [5.41, 5.74) is 0.721. The van der Waals surface area contributed by atoms with Gasteiger partial charge in [-0.2, -0.15) is 0 Å². The smallest absolute Gasteiger partial charge is 0.244 e. The van der Waals surface area contributed by atoms with Gasteiger partial charge in [-0.1, -0.05) is 24.3 Å². The lowest BCUT2D eigenvalue weighted by Crippen LogP contribution is -2.03. The van der Waals surface area contributed by atoms with Crippen molar-refractivity contribution in [2.45, 2.75) is 9.79 Å². The van der Waals surface area contributed by atoms with Crippen molar-refractivity contribution in [3.8, 4) is 0 Å². The molecule has 0 radical (unpaired) electrons. The summed E-state index contributed by atoms with van der Waals surface area (Å²) in [5.74, 6) is 0. The van der Waals surface area contributed by atoms with Gasteiger partial charge in [0.05, 0.1) is 4.90 Å². The van der Waals surface area contributed by atoms with Crippen LogP contribution in [0.4, 0.5) is 0 Å². The third kappa shape index (κ3) is 1.47. The highest BCUT2D eigenvalue weighted by Gasteiger charge is 2.24. The summed E-state index contributed by atoms with van der Waals surface area (Å²) in [6.07, 6.45) is 0. The zero-order valence-electron chi connectivity index (χ0n) is 8.66. The van der Waals surface area contributed by atoms with Gasteiger partial charge in [-0.15, -0.1) is 0 Å². The fraction of sp³-hybridized carbons (Fsp3) is 0. The topological polar surface area (TPSA) is 60.4 Å². The number of hydrogen-bond acceptors (Lipinski definition) is 4. The first kappa shape index (κ1) is 10.2. The van der Waals surface area contributed by atoms with Crippen LogP contribution in [0.5, 0.6) is 0 Å². The summed E-state index contributed by atoms with van der Waals surface area (Å²) >= 11 is 0. The first-order chi connectivity index (χ1) is 8.19. The van der Waals surface area contributed by atoms with Crippen LogP contribution in [-0.4, -0.2) is 8.42 Å². The Morgan fingerprint density at radius 3 is 2.24 bits per heavy atom. The van der Waals surface area contributed by atoms with E-state index in [2.05, 4.69) is 4.58 Å². The zero-order valence-corrected chi connectivity index (χ0v) is 9.48. The van der Waals surface area contributed by atoms with Crippen molar-refractivity contribution in [3.63, 3.8) is 0 Å². The van der Waals surface area contributed by atoms with Crippen molar-refractivity contribution in [2.75, 3.05) is 0 Å². The normalized spacial score (nSPS) is 12.0. The maximum absolute atomic E-state index is 12.3. The summed E-state index contributed by atoms with van der Waals surface area (Å²) in [4.78, 5) is 0.372. The van der Waals surface area contributed by atoms with Gasteiger partial charge < -0.3 is 0 Å². The van der Waals surface area contributed by atoms with E-state index in [1.165, 1.54) is 6.07 Å². The number of fused-ring (bicyclic) bond motifs is 1. The molecule has 0 fully saturated rings. The molecule has 0 N–H and O–H groups in total. The molecule has 0 unspecified atom stereocenters. The van der Waals surface area contributed by atoms with Crippen LogP contribution in [0.1, 0.15) is 0 Å². The summed E-state index contributed by atoms with van der Waals surface area (Å²) in [6.45, 7) is 0. The van der Waals surface area contributed by atoms with Crippen molar-refractivity contribution in [3.05, 3.63) is 48.5 Å². The van der Waals surface area contributed by atoms with E-state index in [1.807, 2.05) is 0 Å². The van der Waals surface area contributed by atoms with Crippen molar-refractivity contribution >= 4 is 21.0 Å². The molecule has 0 aliphatic carbocycles. The molecular formula is C12H8O4S. The third-order valence-corrected chi connectivity index (χ3v) is 4.29. The van der Waals surface area contributed by atoms with Crippen molar-refractivity contribution in [1.29, 1.82) is 0 Å². The molecule has 3 rings (SSSR count). The van der Waals surface area contributed by atoms with Crippen molar-refractivity contribution < 1.29 is 17.6 Å². The molecular weight excluding hydrogens is 240 g/mol. The van der Waals surface area contributed by atoms with Gasteiger partial charge in [0.2, 0.25) is 21.0 Å². The van der Waals surface area contributed by atoms with Gasteiger partial charge in [0.25, 0.3) is 0 Å². The number of para-hydroxylation sites is 1. The molecule has 5 heteroatoms. The van der Waals surface area contributed by atoms with Crippen LogP contribution < -0.4 is 0 Å². The van der Waals surface area contributed by atoms with Crippen LogP contribution in [0.2, 0.25) is 0 Å². The van der Waals surface area contributed by atoms with Gasteiger partial charge in [-0.3, -0.25) is 9.15 Å². The molecule has 0 bridgehead atoms. The molecule has 0 spiro atoms. The monoisotopic (exact) mass is 248 g/mol. The molecule has 1 heterocycles. The Hall–Kier alpha value is -2.01. The first-order valence-electron chi connectivity index (χ1n) is 4.97. The van der Waals surface area contributed by atoms with Gasteiger partial charge in [0.15, 0.2) is 0 Å². The molecule has 1 aromatic heterocycles. The predicted molar refractivity (Wildman–Crippen MR) is 60.4 cm³/mol. The summed E-state index contributed by atoms with van der Waals surface area (Å²) < 4.78 is 34.0. The van der Waals surface area contributed by atoms with E-state index < -0.39 is 9.84 Å². The van der Waals surface area contributed by atoms with Gasteiger partial charge in [0, 0.05) is 0 Å². The summed E-state index contributed by atoms with van der Waals surface area (Å²) in [5, 5.41) is 0. The van der Waals surface area contributed by atoms with E-state index in [4.69, 9.17) is 4.58 Å². The number of sulfone groups is 1. The standard InChI is InChI=1S/C12H8O4S/c13-17(14,9-5-2-1-3-6-9)11-8-4-7-10-12(11)16-15-10/h1-8H. The van der Waals surface area contributed by atoms with Gasteiger partial charge in [0.1, 0.15) is 4.90 Å². The van der Waals surface area contributed by atoms with Crippen molar-refractivity contribution in [2.24, 2.45) is 0 Å². The van der Waals surface area contributed by atoms with Gasteiger partial charge in [-0.25, -0.2) is 8.42 Å². The summed E-state index contributed by atoms with van der Waals surface area (Å²) in [6, 6.07) is 13.0. The highest BCUT2D eigenvalue weighted by atomic mass is 32.2. The van der Waals surface area contributed by atoms with Crippen molar-refractivity contribution in [1.82, 2.24) is 0 Å². The minimum absolute atomic E-state index is 0.132. The largest absolute Gasteiger partial charge is 0.285 e. The number of benzene rings is 2. The fourth-order valence-corrected chi connectivity index (χ4v) is 3.04. The molecule has 17 heavy (non-hydrogen) atoms. The highest BCUT2D eigenvalue weighted by molar-refractivity contribution is 7.91. The molecule has 86 valence electrons. The Balaban J connectivity index is 2.25. The van der Waals surface area contributed by atoms with Crippen LogP contribution in [0.25, 0.3) is 11.2 Å². The van der Waals surface area contributed by atoms with Gasteiger partial charge in [-0.05, 0) is 24.3 Å². The van der Waals surface area contributed by atoms with Crippen LogP contribution in [-0.2, 0) is 9.84 Å². The maximum atomic E-state index is 12.3. The Kier molecular flexibility index (Phi) is 2.09. The third-order valence-electron chi connectivity index (χ3n) is 2.50. The molecule has 0 saturated heterocycles. The number of hydrogen-bond donors (Lipinski definition) is 0. The van der Waals surface area contributed by atoms with E-state index in [0.717, 1.165) is 0 Å². The van der Waals surface area contributed by atoms with E-state index >= 15 is 0 Å². The Bertz CT molecular complexity index is 750. The van der Waals surface area contributed by atoms with Crippen LogP contribution >= 0.6 is 0 Å². The molecule has 0 aliphatic rings. The van der Waals surface area contributed by atoms with E-state index in [1.54, 1.807) is 42.5 Å². The first-order valence-corrected chi connectivity index (χ1v) is 6.45. The molecule has 0 amide bonds. The van der Waals surface area contributed by atoms with Crippen LogP contribution in [0.15, 0.2) is 67.5 Å². The lowest BCUT2D eigenvalue weighted by Gasteiger charge is -2.06. The lowest BCUT2D eigenvalue weighted by atomic mass is 10.3. The summed E-state index contributed by atoms with van der Waals surface area (Å²) in [7, 11) is -3.55. The molecule has 0 aliphatic heterocycles.